The summed E-state index contributed by atoms with van der Waals surface area (Å²) in [4.78, 5) is 4.46. The normalized spacial score (nSPS) is 12.2. The fraction of sp³-hybridized carbons (Fsp3) is 0.312. The Morgan fingerprint density at radius 3 is 2.58 bits per heavy atom. The standard InChI is InChI=1S/C16H20N2O/c1-4-14(17-3)15-10-9-13(11-18-15)19-16-8-6-5-7-12(16)2/h5-11,14,17H,4H2,1-3H3. The van der Waals surface area contributed by atoms with E-state index in [-0.39, 0.29) is 0 Å². The number of ether oxygens (including phenoxy) is 1. The van der Waals surface area contributed by atoms with Crippen LogP contribution in [0.2, 0.25) is 0 Å². The van der Waals surface area contributed by atoms with E-state index in [0.717, 1.165) is 29.2 Å². The molecule has 0 amide bonds. The van der Waals surface area contributed by atoms with Crippen molar-refractivity contribution in [2.45, 2.75) is 26.3 Å². The molecule has 0 fully saturated rings. The minimum Gasteiger partial charge on any atom is -0.455 e. The number of benzene rings is 1. The summed E-state index contributed by atoms with van der Waals surface area (Å²) >= 11 is 0. The van der Waals surface area contributed by atoms with E-state index in [9.17, 15) is 0 Å². The van der Waals surface area contributed by atoms with Crippen LogP contribution in [0.5, 0.6) is 11.5 Å². The van der Waals surface area contributed by atoms with Gasteiger partial charge in [0.25, 0.3) is 0 Å². The van der Waals surface area contributed by atoms with Gasteiger partial charge in [-0.1, -0.05) is 25.1 Å². The molecule has 0 bridgehead atoms. The van der Waals surface area contributed by atoms with Crippen molar-refractivity contribution < 1.29 is 4.74 Å². The molecule has 1 N–H and O–H groups in total. The van der Waals surface area contributed by atoms with Crippen LogP contribution in [-0.2, 0) is 0 Å². The van der Waals surface area contributed by atoms with Crippen molar-refractivity contribution in [3.8, 4) is 11.5 Å². The van der Waals surface area contributed by atoms with Crippen LogP contribution in [0.25, 0.3) is 0 Å². The van der Waals surface area contributed by atoms with Gasteiger partial charge in [-0.05, 0) is 44.2 Å². The third kappa shape index (κ3) is 3.32. The van der Waals surface area contributed by atoms with Gasteiger partial charge in [0.1, 0.15) is 11.5 Å². The molecule has 1 aromatic heterocycles. The van der Waals surface area contributed by atoms with Gasteiger partial charge < -0.3 is 10.1 Å². The number of pyridine rings is 1. The molecule has 100 valence electrons. The van der Waals surface area contributed by atoms with Crippen molar-refractivity contribution in [2.24, 2.45) is 0 Å². The quantitative estimate of drug-likeness (QED) is 0.882. The maximum atomic E-state index is 5.83. The Hall–Kier alpha value is -1.87. The highest BCUT2D eigenvalue weighted by Gasteiger charge is 2.08. The van der Waals surface area contributed by atoms with Crippen LogP contribution >= 0.6 is 0 Å². The lowest BCUT2D eigenvalue weighted by molar-refractivity contribution is 0.474. The Morgan fingerprint density at radius 2 is 2.00 bits per heavy atom. The van der Waals surface area contributed by atoms with Crippen molar-refractivity contribution in [1.29, 1.82) is 0 Å². The molecular weight excluding hydrogens is 236 g/mol. The maximum Gasteiger partial charge on any atom is 0.145 e. The lowest BCUT2D eigenvalue weighted by Crippen LogP contribution is -2.16. The molecule has 3 heteroatoms. The van der Waals surface area contributed by atoms with Gasteiger partial charge in [0.05, 0.1) is 11.9 Å². The fourth-order valence-electron chi connectivity index (χ4n) is 2.02. The molecule has 1 atom stereocenters. The monoisotopic (exact) mass is 256 g/mol. The number of para-hydroxylation sites is 1. The Kier molecular flexibility index (Phi) is 4.53. The van der Waals surface area contributed by atoms with E-state index in [4.69, 9.17) is 4.74 Å². The van der Waals surface area contributed by atoms with E-state index in [0.29, 0.717) is 6.04 Å². The Bertz CT molecular complexity index is 519. The first-order valence-electron chi connectivity index (χ1n) is 6.61. The molecule has 1 unspecified atom stereocenters. The number of aromatic nitrogens is 1. The highest BCUT2D eigenvalue weighted by atomic mass is 16.5. The average Bonchev–Trinajstić information content (AvgIpc) is 2.44. The number of aryl methyl sites for hydroxylation is 1. The first-order valence-corrected chi connectivity index (χ1v) is 6.61. The minimum atomic E-state index is 0.299. The van der Waals surface area contributed by atoms with E-state index in [2.05, 4.69) is 17.2 Å². The minimum absolute atomic E-state index is 0.299. The molecular formula is C16H20N2O. The largest absolute Gasteiger partial charge is 0.455 e. The van der Waals surface area contributed by atoms with Crippen LogP contribution in [0.15, 0.2) is 42.6 Å². The average molecular weight is 256 g/mol. The third-order valence-electron chi connectivity index (χ3n) is 3.19. The van der Waals surface area contributed by atoms with Gasteiger partial charge in [0.15, 0.2) is 0 Å². The summed E-state index contributed by atoms with van der Waals surface area (Å²) in [5.74, 6) is 1.64. The fourth-order valence-corrected chi connectivity index (χ4v) is 2.02. The van der Waals surface area contributed by atoms with Crippen LogP contribution in [0, 0.1) is 6.92 Å². The van der Waals surface area contributed by atoms with E-state index >= 15 is 0 Å². The van der Waals surface area contributed by atoms with Gasteiger partial charge in [-0.3, -0.25) is 4.98 Å². The Balaban J connectivity index is 2.13. The van der Waals surface area contributed by atoms with Gasteiger partial charge in [0, 0.05) is 6.04 Å². The van der Waals surface area contributed by atoms with Crippen LogP contribution in [0.4, 0.5) is 0 Å². The number of nitrogens with zero attached hydrogens (tertiary/aromatic N) is 1. The summed E-state index contributed by atoms with van der Waals surface area (Å²) in [7, 11) is 1.95. The Labute approximate surface area is 114 Å². The first kappa shape index (κ1) is 13.6. The molecule has 1 aromatic carbocycles. The number of rotatable bonds is 5. The van der Waals surface area contributed by atoms with E-state index in [1.54, 1.807) is 6.20 Å². The summed E-state index contributed by atoms with van der Waals surface area (Å²) in [6, 6.07) is 12.2. The number of nitrogens with one attached hydrogen (secondary N) is 1. The molecule has 0 radical (unpaired) electrons. The summed E-state index contributed by atoms with van der Waals surface area (Å²) in [5.41, 5.74) is 2.16. The zero-order valence-electron chi connectivity index (χ0n) is 11.7. The molecule has 0 aliphatic carbocycles. The topological polar surface area (TPSA) is 34.1 Å². The van der Waals surface area contributed by atoms with Crippen LogP contribution in [-0.4, -0.2) is 12.0 Å². The molecule has 2 aromatic rings. The second-order valence-electron chi connectivity index (χ2n) is 4.54. The summed E-state index contributed by atoms with van der Waals surface area (Å²) in [6.07, 6.45) is 2.79. The highest BCUT2D eigenvalue weighted by molar-refractivity contribution is 5.36. The SMILES string of the molecule is CCC(NC)c1ccc(Oc2ccccc2C)cn1. The van der Waals surface area contributed by atoms with E-state index in [1.165, 1.54) is 0 Å². The predicted octanol–water partition coefficient (Wildman–Crippen LogP) is 3.85. The summed E-state index contributed by atoms with van der Waals surface area (Å²) in [6.45, 7) is 4.17. The molecule has 0 saturated carbocycles. The van der Waals surface area contributed by atoms with E-state index in [1.807, 2.05) is 50.4 Å². The molecule has 0 spiro atoms. The van der Waals surface area contributed by atoms with Gasteiger partial charge in [0.2, 0.25) is 0 Å². The van der Waals surface area contributed by atoms with E-state index < -0.39 is 0 Å². The zero-order chi connectivity index (χ0) is 13.7. The lowest BCUT2D eigenvalue weighted by atomic mass is 10.1. The van der Waals surface area contributed by atoms with Crippen LogP contribution in [0.3, 0.4) is 0 Å². The van der Waals surface area contributed by atoms with Crippen molar-refractivity contribution in [3.05, 3.63) is 53.9 Å². The van der Waals surface area contributed by atoms with Gasteiger partial charge in [-0.25, -0.2) is 0 Å². The lowest BCUT2D eigenvalue weighted by Gasteiger charge is -2.14. The van der Waals surface area contributed by atoms with Crippen molar-refractivity contribution >= 4 is 0 Å². The molecule has 19 heavy (non-hydrogen) atoms. The predicted molar refractivity (Wildman–Crippen MR) is 77.6 cm³/mol. The molecule has 0 aliphatic heterocycles. The zero-order valence-corrected chi connectivity index (χ0v) is 11.7. The summed E-state index contributed by atoms with van der Waals surface area (Å²) in [5, 5.41) is 3.24. The van der Waals surface area contributed by atoms with Crippen molar-refractivity contribution in [2.75, 3.05) is 7.05 Å². The summed E-state index contributed by atoms with van der Waals surface area (Å²) < 4.78 is 5.83. The first-order chi connectivity index (χ1) is 9.24. The molecule has 1 heterocycles. The number of hydrogen-bond acceptors (Lipinski definition) is 3. The van der Waals surface area contributed by atoms with Gasteiger partial charge >= 0.3 is 0 Å². The van der Waals surface area contributed by atoms with Crippen LogP contribution < -0.4 is 10.1 Å². The maximum absolute atomic E-state index is 5.83. The smallest absolute Gasteiger partial charge is 0.145 e. The molecule has 0 saturated heterocycles. The third-order valence-corrected chi connectivity index (χ3v) is 3.19. The molecule has 3 nitrogen and oxygen atoms in total. The van der Waals surface area contributed by atoms with Gasteiger partial charge in [-0.15, -0.1) is 0 Å². The Morgan fingerprint density at radius 1 is 1.21 bits per heavy atom. The molecule has 2 rings (SSSR count). The number of hydrogen-bond donors (Lipinski definition) is 1. The molecule has 0 aliphatic rings. The second kappa shape index (κ2) is 6.34. The van der Waals surface area contributed by atoms with Gasteiger partial charge in [-0.2, -0.15) is 0 Å². The van der Waals surface area contributed by atoms with Crippen molar-refractivity contribution in [3.63, 3.8) is 0 Å². The van der Waals surface area contributed by atoms with Crippen LogP contribution in [0.1, 0.15) is 30.6 Å². The highest BCUT2D eigenvalue weighted by Crippen LogP contribution is 2.25. The second-order valence-corrected chi connectivity index (χ2v) is 4.54. The van der Waals surface area contributed by atoms with Crippen molar-refractivity contribution in [1.82, 2.24) is 10.3 Å².